The van der Waals surface area contributed by atoms with Gasteiger partial charge in [0.1, 0.15) is 0 Å². The van der Waals surface area contributed by atoms with Gasteiger partial charge in [-0.1, -0.05) is 17.7 Å². The quantitative estimate of drug-likeness (QED) is 0.873. The molecule has 1 aliphatic rings. The van der Waals surface area contributed by atoms with Crippen molar-refractivity contribution in [1.29, 1.82) is 0 Å². The van der Waals surface area contributed by atoms with Gasteiger partial charge in [0.15, 0.2) is 0 Å². The average Bonchev–Trinajstić information content (AvgIpc) is 2.45. The zero-order valence-corrected chi connectivity index (χ0v) is 11.7. The van der Waals surface area contributed by atoms with Gasteiger partial charge in [0.25, 0.3) is 5.91 Å². The topological polar surface area (TPSA) is 94.9 Å². The molecule has 1 fully saturated rings. The summed E-state index contributed by atoms with van der Waals surface area (Å²) >= 11 is 0. The van der Waals surface area contributed by atoms with Gasteiger partial charge in [-0.15, -0.1) is 0 Å². The fourth-order valence-corrected chi connectivity index (χ4v) is 2.64. The van der Waals surface area contributed by atoms with Crippen molar-refractivity contribution in [1.82, 2.24) is 4.90 Å². The van der Waals surface area contributed by atoms with E-state index in [0.717, 1.165) is 5.56 Å². The van der Waals surface area contributed by atoms with Crippen molar-refractivity contribution in [2.45, 2.75) is 13.3 Å². The molecule has 0 saturated carbocycles. The highest BCUT2D eigenvalue weighted by Crippen LogP contribution is 2.25. The van der Waals surface area contributed by atoms with Crippen LogP contribution in [0.2, 0.25) is 0 Å². The van der Waals surface area contributed by atoms with E-state index in [2.05, 4.69) is 0 Å². The predicted molar refractivity (Wildman–Crippen MR) is 74.0 cm³/mol. The smallest absolute Gasteiger partial charge is 0.309 e. The molecule has 0 radical (unpaired) electrons. The number of amides is 1. The standard InChI is InChI=1S/C15H17NO5/c1-9-3-2-4-10(7-9)13(17)16-6-5-11(14(18)19)12(8-16)15(20)21/h2-4,7,11-12H,5-6,8H2,1H3,(H,18,19)(H,20,21). The number of carboxylic acids is 2. The Kier molecular flexibility index (Phi) is 4.26. The largest absolute Gasteiger partial charge is 0.481 e. The Hall–Kier alpha value is -2.37. The first-order valence-electron chi connectivity index (χ1n) is 6.71. The van der Waals surface area contributed by atoms with Crippen LogP contribution in [0.3, 0.4) is 0 Å². The van der Waals surface area contributed by atoms with Crippen molar-refractivity contribution in [3.05, 3.63) is 35.4 Å². The lowest BCUT2D eigenvalue weighted by molar-refractivity contribution is -0.156. The maximum absolute atomic E-state index is 12.4. The number of carbonyl (C=O) groups excluding carboxylic acids is 1. The van der Waals surface area contributed by atoms with Crippen molar-refractivity contribution in [3.8, 4) is 0 Å². The number of nitrogens with zero attached hydrogens (tertiary/aromatic N) is 1. The number of hydrogen-bond acceptors (Lipinski definition) is 3. The Morgan fingerprint density at radius 3 is 2.38 bits per heavy atom. The monoisotopic (exact) mass is 291 g/mol. The number of carboxylic acid groups (broad SMARTS) is 2. The molecule has 0 bridgehead atoms. The summed E-state index contributed by atoms with van der Waals surface area (Å²) in [6, 6.07) is 7.05. The summed E-state index contributed by atoms with van der Waals surface area (Å²) < 4.78 is 0. The fraction of sp³-hybridized carbons (Fsp3) is 0.400. The van der Waals surface area contributed by atoms with Crippen molar-refractivity contribution < 1.29 is 24.6 Å². The number of piperidine rings is 1. The summed E-state index contributed by atoms with van der Waals surface area (Å²) in [5.41, 5.74) is 1.43. The third-order valence-corrected chi connectivity index (χ3v) is 3.80. The van der Waals surface area contributed by atoms with Gasteiger partial charge in [-0.25, -0.2) is 0 Å². The van der Waals surface area contributed by atoms with Crippen LogP contribution in [0, 0.1) is 18.8 Å². The van der Waals surface area contributed by atoms with Gasteiger partial charge in [-0.05, 0) is 25.5 Å². The first-order valence-corrected chi connectivity index (χ1v) is 6.71. The molecule has 2 atom stereocenters. The molecular formula is C15H17NO5. The minimum Gasteiger partial charge on any atom is -0.481 e. The van der Waals surface area contributed by atoms with Crippen LogP contribution < -0.4 is 0 Å². The van der Waals surface area contributed by atoms with Crippen LogP contribution in [-0.2, 0) is 9.59 Å². The number of rotatable bonds is 3. The number of hydrogen-bond donors (Lipinski definition) is 2. The SMILES string of the molecule is Cc1cccc(C(=O)N2CCC(C(=O)O)C(C(=O)O)C2)c1. The molecule has 6 heteroatoms. The summed E-state index contributed by atoms with van der Waals surface area (Å²) in [4.78, 5) is 36.1. The van der Waals surface area contributed by atoms with E-state index in [1.165, 1.54) is 4.90 Å². The third-order valence-electron chi connectivity index (χ3n) is 3.80. The lowest BCUT2D eigenvalue weighted by atomic mass is 9.85. The number of benzene rings is 1. The second-order valence-electron chi connectivity index (χ2n) is 5.30. The van der Waals surface area contributed by atoms with Gasteiger partial charge in [0.2, 0.25) is 0 Å². The molecule has 21 heavy (non-hydrogen) atoms. The Labute approximate surface area is 122 Å². The van der Waals surface area contributed by atoms with Crippen molar-refractivity contribution in [2.24, 2.45) is 11.8 Å². The average molecular weight is 291 g/mol. The van der Waals surface area contributed by atoms with Crippen LogP contribution in [0.25, 0.3) is 0 Å². The molecule has 2 unspecified atom stereocenters. The van der Waals surface area contributed by atoms with Gasteiger partial charge in [-0.2, -0.15) is 0 Å². The van der Waals surface area contributed by atoms with Gasteiger partial charge in [-0.3, -0.25) is 14.4 Å². The van der Waals surface area contributed by atoms with E-state index in [9.17, 15) is 19.5 Å². The molecule has 0 aromatic heterocycles. The molecule has 2 N–H and O–H groups in total. The molecular weight excluding hydrogens is 274 g/mol. The van der Waals surface area contributed by atoms with E-state index in [0.29, 0.717) is 5.56 Å². The molecule has 0 spiro atoms. The van der Waals surface area contributed by atoms with E-state index in [-0.39, 0.29) is 25.4 Å². The Morgan fingerprint density at radius 1 is 1.14 bits per heavy atom. The van der Waals surface area contributed by atoms with Crippen LogP contribution in [0.1, 0.15) is 22.3 Å². The lowest BCUT2D eigenvalue weighted by Crippen LogP contribution is -2.48. The number of carbonyl (C=O) groups is 3. The van der Waals surface area contributed by atoms with Gasteiger partial charge < -0.3 is 15.1 Å². The van der Waals surface area contributed by atoms with E-state index >= 15 is 0 Å². The summed E-state index contributed by atoms with van der Waals surface area (Å²) in [7, 11) is 0. The van der Waals surface area contributed by atoms with E-state index in [1.807, 2.05) is 13.0 Å². The molecule has 6 nitrogen and oxygen atoms in total. The summed E-state index contributed by atoms with van der Waals surface area (Å²) in [6.07, 6.45) is 0.157. The van der Waals surface area contributed by atoms with E-state index in [1.54, 1.807) is 18.2 Å². The predicted octanol–water partition coefficient (Wildman–Crippen LogP) is 1.24. The molecule has 0 aliphatic carbocycles. The van der Waals surface area contributed by atoms with E-state index in [4.69, 9.17) is 5.11 Å². The number of aryl methyl sites for hydroxylation is 1. The second kappa shape index (κ2) is 5.95. The summed E-state index contributed by atoms with van der Waals surface area (Å²) in [5, 5.41) is 18.2. The lowest BCUT2D eigenvalue weighted by Gasteiger charge is -2.34. The van der Waals surface area contributed by atoms with Crippen molar-refractivity contribution in [3.63, 3.8) is 0 Å². The number of aliphatic carboxylic acids is 2. The highest BCUT2D eigenvalue weighted by Gasteiger charge is 2.40. The Bertz CT molecular complexity index is 583. The zero-order chi connectivity index (χ0) is 15.6. The van der Waals surface area contributed by atoms with Gasteiger partial charge in [0, 0.05) is 18.7 Å². The molecule has 1 aromatic rings. The molecule has 2 rings (SSSR count). The molecule has 1 aromatic carbocycles. The maximum atomic E-state index is 12.4. The van der Waals surface area contributed by atoms with E-state index < -0.39 is 23.8 Å². The fourth-order valence-electron chi connectivity index (χ4n) is 2.64. The molecule has 112 valence electrons. The zero-order valence-electron chi connectivity index (χ0n) is 11.7. The highest BCUT2D eigenvalue weighted by molar-refractivity contribution is 5.95. The van der Waals surface area contributed by atoms with Crippen molar-refractivity contribution >= 4 is 17.8 Å². The van der Waals surface area contributed by atoms with Crippen LogP contribution >= 0.6 is 0 Å². The molecule has 1 saturated heterocycles. The summed E-state index contributed by atoms with van der Waals surface area (Å²) in [5.74, 6) is -4.56. The minimum atomic E-state index is -1.18. The minimum absolute atomic E-state index is 0.0704. The highest BCUT2D eigenvalue weighted by atomic mass is 16.4. The third kappa shape index (κ3) is 3.21. The van der Waals surface area contributed by atoms with Crippen LogP contribution in [0.4, 0.5) is 0 Å². The molecule has 1 heterocycles. The van der Waals surface area contributed by atoms with Crippen LogP contribution in [0.15, 0.2) is 24.3 Å². The number of likely N-dealkylation sites (tertiary alicyclic amines) is 1. The Morgan fingerprint density at radius 2 is 1.81 bits per heavy atom. The van der Waals surface area contributed by atoms with Crippen molar-refractivity contribution in [2.75, 3.05) is 13.1 Å². The molecule has 1 amide bonds. The molecule has 1 aliphatic heterocycles. The van der Waals surface area contributed by atoms with Gasteiger partial charge in [0.05, 0.1) is 11.8 Å². The van der Waals surface area contributed by atoms with Crippen LogP contribution in [0.5, 0.6) is 0 Å². The first kappa shape index (κ1) is 15.0. The first-order chi connectivity index (χ1) is 9.90. The summed E-state index contributed by atoms with van der Waals surface area (Å²) in [6.45, 7) is 2.06. The van der Waals surface area contributed by atoms with Crippen LogP contribution in [-0.4, -0.2) is 46.0 Å². The normalized spacial score (nSPS) is 21.9. The Balaban J connectivity index is 2.17. The second-order valence-corrected chi connectivity index (χ2v) is 5.30. The van der Waals surface area contributed by atoms with Gasteiger partial charge >= 0.3 is 11.9 Å². The maximum Gasteiger partial charge on any atom is 0.309 e.